The first-order valence-electron chi connectivity index (χ1n) is 3.55. The third kappa shape index (κ3) is 2.60. The van der Waals surface area contributed by atoms with Crippen molar-refractivity contribution in [1.29, 1.82) is 0 Å². The molecule has 2 heteroatoms. The van der Waals surface area contributed by atoms with Gasteiger partial charge in [0.15, 0.2) is 0 Å². The van der Waals surface area contributed by atoms with Crippen LogP contribution in [0.15, 0.2) is 28.7 Å². The van der Waals surface area contributed by atoms with Crippen molar-refractivity contribution in [3.63, 3.8) is 0 Å². The molecule has 1 rings (SSSR count). The van der Waals surface area contributed by atoms with Gasteiger partial charge in [-0.3, -0.25) is 0 Å². The summed E-state index contributed by atoms with van der Waals surface area (Å²) in [6, 6.07) is 8.42. The number of hydrogen-bond donors (Lipinski definition) is 0. The van der Waals surface area contributed by atoms with Crippen LogP contribution < -0.4 is 0 Å². The lowest BCUT2D eigenvalue weighted by Gasteiger charge is -2.07. The fourth-order valence-electron chi connectivity index (χ4n) is 0.902. The van der Waals surface area contributed by atoms with Gasteiger partial charge >= 0.3 is 0 Å². The minimum atomic E-state index is 0.590. The van der Waals surface area contributed by atoms with Crippen LogP contribution in [-0.4, -0.2) is 5.33 Å². The summed E-state index contributed by atoms with van der Waals surface area (Å²) in [5, 5.41) is 1.02. The zero-order valence-electron chi connectivity index (χ0n) is 6.35. The highest BCUT2D eigenvalue weighted by molar-refractivity contribution is 9.10. The molecule has 0 nitrogen and oxygen atoms in total. The Morgan fingerprint density at radius 1 is 1.45 bits per heavy atom. The quantitative estimate of drug-likeness (QED) is 0.718. The molecule has 0 N–H and O–H groups in total. The van der Waals surface area contributed by atoms with Gasteiger partial charge in [-0.15, -0.1) is 0 Å². The first-order chi connectivity index (χ1) is 5.24. The summed E-state index contributed by atoms with van der Waals surface area (Å²) in [4.78, 5) is 0. The molecule has 0 heterocycles. The standard InChI is InChI=1S/C9H10Br2/c1-7(6-10)8-3-2-4-9(11)5-8/h2-5,7H,6H2,1H3. The molecule has 60 valence electrons. The van der Waals surface area contributed by atoms with Crippen LogP contribution in [0, 0.1) is 0 Å². The lowest BCUT2D eigenvalue weighted by atomic mass is 10.0. The van der Waals surface area contributed by atoms with Gasteiger partial charge in [0.1, 0.15) is 0 Å². The summed E-state index contributed by atoms with van der Waals surface area (Å²) in [7, 11) is 0. The Kier molecular flexibility index (Phi) is 3.60. The van der Waals surface area contributed by atoms with Crippen molar-refractivity contribution in [3.05, 3.63) is 34.3 Å². The fraction of sp³-hybridized carbons (Fsp3) is 0.333. The first-order valence-corrected chi connectivity index (χ1v) is 5.47. The molecule has 1 aromatic carbocycles. The minimum absolute atomic E-state index is 0.590. The highest BCUT2D eigenvalue weighted by Crippen LogP contribution is 2.20. The summed E-state index contributed by atoms with van der Waals surface area (Å²) in [6.07, 6.45) is 0. The monoisotopic (exact) mass is 276 g/mol. The Hall–Kier alpha value is 0.180. The Balaban J connectivity index is 2.86. The number of halogens is 2. The highest BCUT2D eigenvalue weighted by Gasteiger charge is 2.02. The maximum absolute atomic E-state index is 3.46. The predicted molar refractivity (Wildman–Crippen MR) is 56.4 cm³/mol. The van der Waals surface area contributed by atoms with E-state index in [-0.39, 0.29) is 0 Å². The molecule has 0 aliphatic heterocycles. The van der Waals surface area contributed by atoms with Gasteiger partial charge < -0.3 is 0 Å². The molecule has 0 saturated heterocycles. The van der Waals surface area contributed by atoms with Crippen molar-refractivity contribution in [2.75, 3.05) is 5.33 Å². The maximum atomic E-state index is 3.46. The second kappa shape index (κ2) is 4.27. The average Bonchev–Trinajstić information content (AvgIpc) is 2.03. The summed E-state index contributed by atoms with van der Waals surface area (Å²) >= 11 is 6.91. The molecule has 11 heavy (non-hydrogen) atoms. The lowest BCUT2D eigenvalue weighted by molar-refractivity contribution is 0.887. The van der Waals surface area contributed by atoms with E-state index < -0.39 is 0 Å². The number of alkyl halides is 1. The molecular formula is C9H10Br2. The second-order valence-electron chi connectivity index (χ2n) is 2.61. The van der Waals surface area contributed by atoms with Gasteiger partial charge in [0.25, 0.3) is 0 Å². The molecule has 0 aliphatic rings. The molecule has 0 aromatic heterocycles. The minimum Gasteiger partial charge on any atom is -0.0922 e. The van der Waals surface area contributed by atoms with Crippen molar-refractivity contribution >= 4 is 31.9 Å². The number of hydrogen-bond acceptors (Lipinski definition) is 0. The molecule has 0 saturated carbocycles. The van der Waals surface area contributed by atoms with Crippen LogP contribution in [0.4, 0.5) is 0 Å². The Morgan fingerprint density at radius 3 is 2.73 bits per heavy atom. The lowest BCUT2D eigenvalue weighted by Crippen LogP contribution is -1.93. The fourth-order valence-corrected chi connectivity index (χ4v) is 1.69. The molecular weight excluding hydrogens is 268 g/mol. The SMILES string of the molecule is CC(CBr)c1cccc(Br)c1. The molecule has 0 bridgehead atoms. The Morgan fingerprint density at radius 2 is 2.18 bits per heavy atom. The van der Waals surface area contributed by atoms with E-state index in [2.05, 4.69) is 57.0 Å². The molecule has 1 atom stereocenters. The van der Waals surface area contributed by atoms with Crippen LogP contribution in [0.2, 0.25) is 0 Å². The van der Waals surface area contributed by atoms with E-state index >= 15 is 0 Å². The van der Waals surface area contributed by atoms with Crippen molar-refractivity contribution in [2.24, 2.45) is 0 Å². The number of rotatable bonds is 2. The second-order valence-corrected chi connectivity index (χ2v) is 4.17. The zero-order chi connectivity index (χ0) is 8.27. The molecule has 0 fully saturated rings. The third-order valence-electron chi connectivity index (χ3n) is 1.65. The van der Waals surface area contributed by atoms with Gasteiger partial charge in [0.05, 0.1) is 0 Å². The van der Waals surface area contributed by atoms with Crippen LogP contribution in [0.3, 0.4) is 0 Å². The zero-order valence-corrected chi connectivity index (χ0v) is 9.52. The van der Waals surface area contributed by atoms with E-state index in [9.17, 15) is 0 Å². The Labute approximate surface area is 84.3 Å². The summed E-state index contributed by atoms with van der Waals surface area (Å²) < 4.78 is 1.16. The molecule has 0 radical (unpaired) electrons. The van der Waals surface area contributed by atoms with E-state index in [1.165, 1.54) is 5.56 Å². The topological polar surface area (TPSA) is 0 Å². The molecule has 1 unspecified atom stereocenters. The van der Waals surface area contributed by atoms with Crippen LogP contribution in [0.5, 0.6) is 0 Å². The first kappa shape index (κ1) is 9.27. The van der Waals surface area contributed by atoms with Gasteiger partial charge in [0.2, 0.25) is 0 Å². The van der Waals surface area contributed by atoms with Gasteiger partial charge in [-0.05, 0) is 23.6 Å². The molecule has 1 aromatic rings. The predicted octanol–water partition coefficient (Wildman–Crippen LogP) is 3.95. The summed E-state index contributed by atoms with van der Waals surface area (Å²) in [6.45, 7) is 2.20. The van der Waals surface area contributed by atoms with Crippen molar-refractivity contribution in [2.45, 2.75) is 12.8 Å². The normalized spacial score (nSPS) is 13.0. The summed E-state index contributed by atoms with van der Waals surface area (Å²) in [5.41, 5.74) is 1.37. The van der Waals surface area contributed by atoms with Gasteiger partial charge in [0, 0.05) is 9.80 Å². The largest absolute Gasteiger partial charge is 0.0922 e. The van der Waals surface area contributed by atoms with E-state index in [4.69, 9.17) is 0 Å². The van der Waals surface area contributed by atoms with Gasteiger partial charge in [-0.2, -0.15) is 0 Å². The van der Waals surface area contributed by atoms with Crippen LogP contribution >= 0.6 is 31.9 Å². The van der Waals surface area contributed by atoms with E-state index in [0.29, 0.717) is 5.92 Å². The molecule has 0 aliphatic carbocycles. The van der Waals surface area contributed by atoms with E-state index in [1.807, 2.05) is 6.07 Å². The highest BCUT2D eigenvalue weighted by atomic mass is 79.9. The van der Waals surface area contributed by atoms with E-state index in [1.54, 1.807) is 0 Å². The van der Waals surface area contributed by atoms with Gasteiger partial charge in [-0.1, -0.05) is 50.9 Å². The Bertz CT molecular complexity index is 233. The molecule has 0 amide bonds. The third-order valence-corrected chi connectivity index (χ3v) is 3.11. The average molecular weight is 278 g/mol. The summed E-state index contributed by atoms with van der Waals surface area (Å²) in [5.74, 6) is 0.590. The van der Waals surface area contributed by atoms with Crippen molar-refractivity contribution in [1.82, 2.24) is 0 Å². The van der Waals surface area contributed by atoms with Crippen molar-refractivity contribution in [3.8, 4) is 0 Å². The smallest absolute Gasteiger partial charge is 0.0178 e. The van der Waals surface area contributed by atoms with Crippen molar-refractivity contribution < 1.29 is 0 Å². The van der Waals surface area contributed by atoms with Crippen LogP contribution in [0.1, 0.15) is 18.4 Å². The maximum Gasteiger partial charge on any atom is 0.0178 e. The molecule has 0 spiro atoms. The van der Waals surface area contributed by atoms with Crippen LogP contribution in [-0.2, 0) is 0 Å². The van der Waals surface area contributed by atoms with Gasteiger partial charge in [-0.25, -0.2) is 0 Å². The van der Waals surface area contributed by atoms with E-state index in [0.717, 1.165) is 9.80 Å². The number of benzene rings is 1. The van der Waals surface area contributed by atoms with Crippen LogP contribution in [0.25, 0.3) is 0 Å².